The Morgan fingerprint density at radius 2 is 2.19 bits per heavy atom. The van der Waals surface area contributed by atoms with Crippen LogP contribution in [0.5, 0.6) is 0 Å². The highest BCUT2D eigenvalue weighted by Gasteiger charge is 2.16. The smallest absolute Gasteiger partial charge is 0.325 e. The van der Waals surface area contributed by atoms with E-state index in [2.05, 4.69) is 9.72 Å². The zero-order valence-electron chi connectivity index (χ0n) is 9.56. The summed E-state index contributed by atoms with van der Waals surface area (Å²) in [5, 5.41) is 0. The number of hydrogen-bond acceptors (Lipinski definition) is 4. The van der Waals surface area contributed by atoms with Gasteiger partial charge in [-0.1, -0.05) is 0 Å². The van der Waals surface area contributed by atoms with Crippen LogP contribution in [-0.4, -0.2) is 42.5 Å². The number of aryl methyl sites for hydroxylation is 1. The second-order valence-electron chi connectivity index (χ2n) is 3.37. The Morgan fingerprint density at radius 1 is 1.50 bits per heavy atom. The van der Waals surface area contributed by atoms with Gasteiger partial charge in [-0.05, 0) is 19.1 Å². The van der Waals surface area contributed by atoms with Crippen molar-refractivity contribution in [1.82, 2.24) is 9.88 Å². The molecule has 0 N–H and O–H groups in total. The van der Waals surface area contributed by atoms with E-state index in [4.69, 9.17) is 0 Å². The van der Waals surface area contributed by atoms with Gasteiger partial charge in [-0.3, -0.25) is 14.6 Å². The number of methoxy groups -OCH3 is 1. The number of aromatic nitrogens is 1. The molecule has 0 radical (unpaired) electrons. The van der Waals surface area contributed by atoms with E-state index < -0.39 is 5.97 Å². The molecule has 0 aromatic carbocycles. The highest BCUT2D eigenvalue weighted by atomic mass is 16.5. The largest absolute Gasteiger partial charge is 0.468 e. The van der Waals surface area contributed by atoms with E-state index in [-0.39, 0.29) is 12.5 Å². The number of esters is 1. The van der Waals surface area contributed by atoms with Gasteiger partial charge < -0.3 is 9.64 Å². The van der Waals surface area contributed by atoms with Crippen molar-refractivity contribution in [3.8, 4) is 0 Å². The number of amides is 1. The lowest BCUT2D eigenvalue weighted by molar-refractivity contribution is -0.141. The molecular weight excluding hydrogens is 208 g/mol. The number of hydrogen-bond donors (Lipinski definition) is 0. The maximum absolute atomic E-state index is 11.9. The Balaban J connectivity index is 2.79. The predicted molar refractivity (Wildman–Crippen MR) is 58.0 cm³/mol. The molecule has 16 heavy (non-hydrogen) atoms. The van der Waals surface area contributed by atoms with E-state index in [1.807, 2.05) is 0 Å². The van der Waals surface area contributed by atoms with Crippen molar-refractivity contribution >= 4 is 11.9 Å². The second kappa shape index (κ2) is 5.25. The first-order valence-electron chi connectivity index (χ1n) is 4.80. The lowest BCUT2D eigenvalue weighted by Crippen LogP contribution is -2.33. The summed E-state index contributed by atoms with van der Waals surface area (Å²) in [4.78, 5) is 28.2. The molecule has 0 aliphatic heterocycles. The molecule has 0 atom stereocenters. The number of rotatable bonds is 3. The SMILES string of the molecule is COC(=O)CN(C)C(=O)c1cccnc1C. The summed E-state index contributed by atoms with van der Waals surface area (Å²) in [5.74, 6) is -0.687. The number of carbonyl (C=O) groups excluding carboxylic acids is 2. The molecule has 0 bridgehead atoms. The summed E-state index contributed by atoms with van der Waals surface area (Å²) in [7, 11) is 2.83. The summed E-state index contributed by atoms with van der Waals surface area (Å²) >= 11 is 0. The van der Waals surface area contributed by atoms with Gasteiger partial charge in [0, 0.05) is 18.9 Å². The quantitative estimate of drug-likeness (QED) is 0.704. The third-order valence-electron chi connectivity index (χ3n) is 2.18. The first-order chi connectivity index (χ1) is 7.56. The fraction of sp³-hybridized carbons (Fsp3) is 0.364. The highest BCUT2D eigenvalue weighted by molar-refractivity contribution is 5.96. The van der Waals surface area contributed by atoms with Crippen molar-refractivity contribution < 1.29 is 14.3 Å². The van der Waals surface area contributed by atoms with E-state index >= 15 is 0 Å². The Kier molecular flexibility index (Phi) is 3.99. The maximum atomic E-state index is 11.9. The Morgan fingerprint density at radius 3 is 2.75 bits per heavy atom. The average molecular weight is 222 g/mol. The van der Waals surface area contributed by atoms with Crippen molar-refractivity contribution in [3.05, 3.63) is 29.6 Å². The Labute approximate surface area is 94.0 Å². The zero-order valence-corrected chi connectivity index (χ0v) is 9.56. The van der Waals surface area contributed by atoms with Crippen molar-refractivity contribution in [2.45, 2.75) is 6.92 Å². The predicted octanol–water partition coefficient (Wildman–Crippen LogP) is 0.635. The molecule has 0 fully saturated rings. The first-order valence-corrected chi connectivity index (χ1v) is 4.80. The van der Waals surface area contributed by atoms with Crippen LogP contribution in [0.4, 0.5) is 0 Å². The van der Waals surface area contributed by atoms with Crippen molar-refractivity contribution in [2.24, 2.45) is 0 Å². The zero-order chi connectivity index (χ0) is 12.1. The van der Waals surface area contributed by atoms with Crippen LogP contribution >= 0.6 is 0 Å². The highest BCUT2D eigenvalue weighted by Crippen LogP contribution is 2.06. The fourth-order valence-corrected chi connectivity index (χ4v) is 1.25. The molecule has 0 unspecified atom stereocenters. The van der Waals surface area contributed by atoms with Gasteiger partial charge in [-0.15, -0.1) is 0 Å². The van der Waals surface area contributed by atoms with Crippen molar-refractivity contribution in [3.63, 3.8) is 0 Å². The summed E-state index contributed by atoms with van der Waals surface area (Å²) in [6.45, 7) is 1.68. The van der Waals surface area contributed by atoms with E-state index in [0.29, 0.717) is 11.3 Å². The standard InChI is InChI=1S/C11H14N2O3/c1-8-9(5-4-6-12-8)11(15)13(2)7-10(14)16-3/h4-6H,7H2,1-3H3. The van der Waals surface area contributed by atoms with Crippen LogP contribution in [-0.2, 0) is 9.53 Å². The van der Waals surface area contributed by atoms with Crippen LogP contribution in [0.2, 0.25) is 0 Å². The molecule has 0 spiro atoms. The van der Waals surface area contributed by atoms with Gasteiger partial charge in [0.15, 0.2) is 0 Å². The van der Waals surface area contributed by atoms with E-state index in [0.717, 1.165) is 0 Å². The molecule has 86 valence electrons. The number of carbonyl (C=O) groups is 2. The summed E-state index contributed by atoms with van der Waals surface area (Å²) in [6, 6.07) is 3.37. The monoisotopic (exact) mass is 222 g/mol. The topological polar surface area (TPSA) is 59.5 Å². The van der Waals surface area contributed by atoms with Crippen LogP contribution in [0.1, 0.15) is 16.1 Å². The molecule has 1 aromatic rings. The van der Waals surface area contributed by atoms with Gasteiger partial charge in [0.1, 0.15) is 6.54 Å². The Bertz CT molecular complexity index is 404. The summed E-state index contributed by atoms with van der Waals surface area (Å²) in [6.07, 6.45) is 1.62. The molecule has 1 amide bonds. The normalized spacial score (nSPS) is 9.69. The van der Waals surface area contributed by atoms with Gasteiger partial charge in [0.25, 0.3) is 5.91 Å². The lowest BCUT2D eigenvalue weighted by atomic mass is 10.2. The van der Waals surface area contributed by atoms with Gasteiger partial charge in [0.05, 0.1) is 12.7 Å². The minimum absolute atomic E-state index is 0.0658. The van der Waals surface area contributed by atoms with E-state index in [1.165, 1.54) is 12.0 Å². The molecule has 0 aliphatic rings. The summed E-state index contributed by atoms with van der Waals surface area (Å²) < 4.78 is 4.49. The van der Waals surface area contributed by atoms with Crippen LogP contribution in [0.15, 0.2) is 18.3 Å². The Hall–Kier alpha value is -1.91. The molecule has 1 heterocycles. The maximum Gasteiger partial charge on any atom is 0.325 e. The molecule has 0 aliphatic carbocycles. The number of likely N-dealkylation sites (N-methyl/N-ethyl adjacent to an activating group) is 1. The third-order valence-corrected chi connectivity index (χ3v) is 2.18. The first kappa shape index (κ1) is 12.2. The molecule has 0 saturated carbocycles. The molecule has 1 rings (SSSR count). The minimum atomic E-state index is -0.447. The van der Waals surface area contributed by atoms with Gasteiger partial charge in [-0.25, -0.2) is 0 Å². The summed E-state index contributed by atoms with van der Waals surface area (Å²) in [5.41, 5.74) is 1.14. The third kappa shape index (κ3) is 2.79. The number of pyridine rings is 1. The van der Waals surface area contributed by atoms with Crippen LogP contribution in [0.25, 0.3) is 0 Å². The molecule has 5 heteroatoms. The molecule has 5 nitrogen and oxygen atoms in total. The van der Waals surface area contributed by atoms with Crippen molar-refractivity contribution in [1.29, 1.82) is 0 Å². The van der Waals surface area contributed by atoms with Crippen LogP contribution < -0.4 is 0 Å². The van der Waals surface area contributed by atoms with Gasteiger partial charge >= 0.3 is 5.97 Å². The number of nitrogens with zero attached hydrogens (tertiary/aromatic N) is 2. The molecular formula is C11H14N2O3. The number of ether oxygens (including phenoxy) is 1. The fourth-order valence-electron chi connectivity index (χ4n) is 1.25. The van der Waals surface area contributed by atoms with E-state index in [1.54, 1.807) is 32.3 Å². The average Bonchev–Trinajstić information content (AvgIpc) is 2.28. The van der Waals surface area contributed by atoms with Crippen molar-refractivity contribution in [2.75, 3.05) is 20.7 Å². The molecule has 0 saturated heterocycles. The van der Waals surface area contributed by atoms with E-state index in [9.17, 15) is 9.59 Å². The second-order valence-corrected chi connectivity index (χ2v) is 3.37. The lowest BCUT2D eigenvalue weighted by Gasteiger charge is -2.16. The van der Waals surface area contributed by atoms with Gasteiger partial charge in [-0.2, -0.15) is 0 Å². The van der Waals surface area contributed by atoms with Crippen LogP contribution in [0, 0.1) is 6.92 Å². The molecule has 1 aromatic heterocycles. The van der Waals surface area contributed by atoms with Gasteiger partial charge in [0.2, 0.25) is 0 Å². The minimum Gasteiger partial charge on any atom is -0.468 e. The van der Waals surface area contributed by atoms with Crippen LogP contribution in [0.3, 0.4) is 0 Å².